The molecule has 0 bridgehead atoms. The predicted molar refractivity (Wildman–Crippen MR) is 87.3 cm³/mol. The van der Waals surface area contributed by atoms with Gasteiger partial charge in [-0.05, 0) is 37.6 Å². The van der Waals surface area contributed by atoms with Crippen LogP contribution < -0.4 is 10.6 Å². The number of hydrogen-bond acceptors (Lipinski definition) is 3. The molecule has 0 saturated carbocycles. The van der Waals surface area contributed by atoms with Gasteiger partial charge in [-0.25, -0.2) is 4.98 Å². The molecule has 2 N–H and O–H groups in total. The number of fused-ring (bicyclic) bond motifs is 1. The summed E-state index contributed by atoms with van der Waals surface area (Å²) in [6, 6.07) is 5.44. The van der Waals surface area contributed by atoms with Crippen LogP contribution in [-0.4, -0.2) is 28.0 Å². The number of benzene rings is 1. The van der Waals surface area contributed by atoms with Crippen molar-refractivity contribution in [3.63, 3.8) is 0 Å². The highest BCUT2D eigenvalue weighted by atomic mass is 35.5. The lowest BCUT2D eigenvalue weighted by Crippen LogP contribution is -2.39. The van der Waals surface area contributed by atoms with E-state index in [1.807, 2.05) is 42.9 Å². The second-order valence-corrected chi connectivity index (χ2v) is 6.04. The molecule has 0 spiro atoms. The van der Waals surface area contributed by atoms with Gasteiger partial charge in [0.1, 0.15) is 6.04 Å². The van der Waals surface area contributed by atoms with Gasteiger partial charge >= 0.3 is 0 Å². The molecule has 1 amide bonds. The molecule has 1 aliphatic heterocycles. The molecule has 1 aromatic carbocycles. The van der Waals surface area contributed by atoms with Crippen LogP contribution >= 0.6 is 11.6 Å². The number of aryl methyl sites for hydroxylation is 1. The fourth-order valence-corrected chi connectivity index (χ4v) is 2.88. The van der Waals surface area contributed by atoms with Crippen LogP contribution in [0.1, 0.15) is 17.0 Å². The molecule has 0 unspecified atom stereocenters. The smallest absolute Gasteiger partial charge is 0.242 e. The summed E-state index contributed by atoms with van der Waals surface area (Å²) in [6.45, 7) is 5.33. The summed E-state index contributed by atoms with van der Waals surface area (Å²) >= 11 is 5.98. The standard InChI is InChI=1S/C16H19ClN4O/c1-10-11(2)21(9-19-10)6-5-18-16(22)15-8-12-7-13(17)3-4-14(12)20-15/h3-4,7,9,15,20H,5-6,8H2,1-2H3,(H,18,22)/t15-/m1/s1. The summed E-state index contributed by atoms with van der Waals surface area (Å²) in [6.07, 6.45) is 2.48. The molecular formula is C16H19ClN4O. The number of hydrogen-bond donors (Lipinski definition) is 2. The molecular weight excluding hydrogens is 300 g/mol. The normalized spacial score (nSPS) is 16.2. The highest BCUT2D eigenvalue weighted by Gasteiger charge is 2.26. The van der Waals surface area contributed by atoms with E-state index in [2.05, 4.69) is 15.6 Å². The van der Waals surface area contributed by atoms with Crippen molar-refractivity contribution in [1.82, 2.24) is 14.9 Å². The van der Waals surface area contributed by atoms with Crippen molar-refractivity contribution in [2.24, 2.45) is 0 Å². The van der Waals surface area contributed by atoms with Crippen LogP contribution in [0.25, 0.3) is 0 Å². The maximum atomic E-state index is 12.2. The summed E-state index contributed by atoms with van der Waals surface area (Å²) in [5.74, 6) is 0.0156. The van der Waals surface area contributed by atoms with Gasteiger partial charge in [-0.3, -0.25) is 4.79 Å². The van der Waals surface area contributed by atoms with Gasteiger partial charge in [0.05, 0.1) is 12.0 Å². The largest absolute Gasteiger partial charge is 0.373 e. The molecule has 116 valence electrons. The van der Waals surface area contributed by atoms with Crippen LogP contribution in [0, 0.1) is 13.8 Å². The zero-order valence-corrected chi connectivity index (χ0v) is 13.4. The maximum absolute atomic E-state index is 12.2. The Labute approximate surface area is 134 Å². The molecule has 6 heteroatoms. The first-order chi connectivity index (χ1) is 10.5. The van der Waals surface area contributed by atoms with E-state index in [1.165, 1.54) is 0 Å². The number of amides is 1. The zero-order chi connectivity index (χ0) is 15.7. The molecule has 3 rings (SSSR count). The van der Waals surface area contributed by atoms with Crippen molar-refractivity contribution in [3.05, 3.63) is 46.5 Å². The molecule has 2 aromatic rings. The van der Waals surface area contributed by atoms with E-state index in [0.717, 1.165) is 29.2 Å². The second kappa shape index (κ2) is 6.01. The molecule has 0 radical (unpaired) electrons. The number of nitrogens with one attached hydrogen (secondary N) is 2. The van der Waals surface area contributed by atoms with Crippen LogP contribution in [0.15, 0.2) is 24.5 Å². The third-order valence-corrected chi connectivity index (χ3v) is 4.37. The van der Waals surface area contributed by atoms with Gasteiger partial charge in [0.25, 0.3) is 0 Å². The van der Waals surface area contributed by atoms with Crippen LogP contribution in [-0.2, 0) is 17.8 Å². The Morgan fingerprint density at radius 3 is 3.05 bits per heavy atom. The quantitative estimate of drug-likeness (QED) is 0.909. The van der Waals surface area contributed by atoms with Crippen LogP contribution in [0.2, 0.25) is 5.02 Å². The Balaban J connectivity index is 1.52. The molecule has 0 aliphatic carbocycles. The monoisotopic (exact) mass is 318 g/mol. The maximum Gasteiger partial charge on any atom is 0.242 e. The van der Waals surface area contributed by atoms with E-state index in [9.17, 15) is 4.79 Å². The number of anilines is 1. The molecule has 0 fully saturated rings. The highest BCUT2D eigenvalue weighted by molar-refractivity contribution is 6.30. The highest BCUT2D eigenvalue weighted by Crippen LogP contribution is 2.28. The van der Waals surface area contributed by atoms with Crippen molar-refractivity contribution in [3.8, 4) is 0 Å². The number of imidazole rings is 1. The molecule has 1 aromatic heterocycles. The Kier molecular flexibility index (Phi) is 4.07. The summed E-state index contributed by atoms with van der Waals surface area (Å²) in [5.41, 5.74) is 4.24. The van der Waals surface area contributed by atoms with Gasteiger partial charge < -0.3 is 15.2 Å². The molecule has 1 atom stereocenters. The summed E-state index contributed by atoms with van der Waals surface area (Å²) in [5, 5.41) is 6.91. The Hall–Kier alpha value is -2.01. The average Bonchev–Trinajstić information content (AvgIpc) is 3.04. The fraction of sp³-hybridized carbons (Fsp3) is 0.375. The van der Waals surface area contributed by atoms with Gasteiger partial charge in [0.15, 0.2) is 0 Å². The van der Waals surface area contributed by atoms with Crippen LogP contribution in [0.5, 0.6) is 0 Å². The van der Waals surface area contributed by atoms with Crippen molar-refractivity contribution in [2.45, 2.75) is 32.9 Å². The lowest BCUT2D eigenvalue weighted by Gasteiger charge is -2.12. The average molecular weight is 319 g/mol. The van der Waals surface area contributed by atoms with Gasteiger partial charge in [-0.1, -0.05) is 11.6 Å². The van der Waals surface area contributed by atoms with E-state index >= 15 is 0 Å². The molecule has 2 heterocycles. The number of carbonyl (C=O) groups excluding carboxylic acids is 1. The number of halogens is 1. The fourth-order valence-electron chi connectivity index (χ4n) is 2.68. The second-order valence-electron chi connectivity index (χ2n) is 5.60. The molecule has 1 aliphatic rings. The van der Waals surface area contributed by atoms with Crippen LogP contribution in [0.4, 0.5) is 5.69 Å². The van der Waals surface area contributed by atoms with Gasteiger partial charge in [-0.15, -0.1) is 0 Å². The van der Waals surface area contributed by atoms with E-state index in [-0.39, 0.29) is 11.9 Å². The van der Waals surface area contributed by atoms with Gasteiger partial charge in [0, 0.05) is 35.9 Å². The lowest BCUT2D eigenvalue weighted by molar-refractivity contribution is -0.121. The van der Waals surface area contributed by atoms with E-state index in [4.69, 9.17) is 11.6 Å². The van der Waals surface area contributed by atoms with Gasteiger partial charge in [-0.2, -0.15) is 0 Å². The zero-order valence-electron chi connectivity index (χ0n) is 12.7. The third-order valence-electron chi connectivity index (χ3n) is 4.13. The summed E-state index contributed by atoms with van der Waals surface area (Å²) in [4.78, 5) is 16.5. The van der Waals surface area contributed by atoms with Crippen molar-refractivity contribution in [1.29, 1.82) is 0 Å². The van der Waals surface area contributed by atoms with E-state index < -0.39 is 0 Å². The Morgan fingerprint density at radius 2 is 2.32 bits per heavy atom. The minimum atomic E-state index is -0.223. The van der Waals surface area contributed by atoms with Crippen molar-refractivity contribution in [2.75, 3.05) is 11.9 Å². The first kappa shape index (κ1) is 14.9. The SMILES string of the molecule is Cc1ncn(CCNC(=O)[C@H]2Cc3cc(Cl)ccc3N2)c1C. The summed E-state index contributed by atoms with van der Waals surface area (Å²) < 4.78 is 2.05. The predicted octanol–water partition coefficient (Wildman–Crippen LogP) is 2.31. The topological polar surface area (TPSA) is 59.0 Å². The summed E-state index contributed by atoms with van der Waals surface area (Å²) in [7, 11) is 0. The number of rotatable bonds is 4. The Bertz CT molecular complexity index is 710. The van der Waals surface area contributed by atoms with Crippen LogP contribution in [0.3, 0.4) is 0 Å². The number of nitrogens with zero attached hydrogens (tertiary/aromatic N) is 2. The van der Waals surface area contributed by atoms with Crippen molar-refractivity contribution >= 4 is 23.2 Å². The lowest BCUT2D eigenvalue weighted by atomic mass is 10.1. The first-order valence-corrected chi connectivity index (χ1v) is 7.73. The molecule has 0 saturated heterocycles. The van der Waals surface area contributed by atoms with E-state index in [0.29, 0.717) is 18.0 Å². The third kappa shape index (κ3) is 2.95. The first-order valence-electron chi connectivity index (χ1n) is 7.35. The van der Waals surface area contributed by atoms with Crippen molar-refractivity contribution < 1.29 is 4.79 Å². The minimum Gasteiger partial charge on any atom is -0.373 e. The molecule has 22 heavy (non-hydrogen) atoms. The van der Waals surface area contributed by atoms with E-state index in [1.54, 1.807) is 0 Å². The van der Waals surface area contributed by atoms with Gasteiger partial charge in [0.2, 0.25) is 5.91 Å². The number of aromatic nitrogens is 2. The molecule has 5 nitrogen and oxygen atoms in total. The minimum absolute atomic E-state index is 0.0156. The Morgan fingerprint density at radius 1 is 1.50 bits per heavy atom. The number of carbonyl (C=O) groups is 1.